The van der Waals surface area contributed by atoms with Crippen LogP contribution in [-0.4, -0.2) is 23.9 Å². The second-order valence-corrected chi connectivity index (χ2v) is 3.48. The first-order chi connectivity index (χ1) is 6.69. The third-order valence-corrected chi connectivity index (χ3v) is 2.44. The highest BCUT2D eigenvalue weighted by atomic mass is 32.2. The van der Waals surface area contributed by atoms with Crippen molar-refractivity contribution in [3.8, 4) is 5.75 Å². The number of hydrogen-bond acceptors (Lipinski definition) is 3. The predicted molar refractivity (Wildman–Crippen MR) is 56.4 cm³/mol. The third-order valence-electron chi connectivity index (χ3n) is 1.72. The highest BCUT2D eigenvalue weighted by Crippen LogP contribution is 2.24. The van der Waals surface area contributed by atoms with E-state index in [1.807, 2.05) is 19.2 Å². The van der Waals surface area contributed by atoms with Crippen molar-refractivity contribution >= 4 is 17.7 Å². The third kappa shape index (κ3) is 2.42. The SMILES string of the molecule is CCOc1ccc(SC)cc1C(=O)O. The van der Waals surface area contributed by atoms with Crippen LogP contribution in [0.2, 0.25) is 0 Å². The molecule has 1 aromatic rings. The van der Waals surface area contributed by atoms with Gasteiger partial charge in [0.25, 0.3) is 0 Å². The Morgan fingerprint density at radius 3 is 2.79 bits per heavy atom. The molecule has 1 rings (SSSR count). The van der Waals surface area contributed by atoms with E-state index in [1.54, 1.807) is 12.1 Å². The zero-order chi connectivity index (χ0) is 10.6. The van der Waals surface area contributed by atoms with Crippen molar-refractivity contribution in [2.75, 3.05) is 12.9 Å². The van der Waals surface area contributed by atoms with Crippen molar-refractivity contribution in [3.63, 3.8) is 0 Å². The van der Waals surface area contributed by atoms with E-state index in [0.29, 0.717) is 12.4 Å². The Balaban J connectivity index is 3.10. The second-order valence-electron chi connectivity index (χ2n) is 2.60. The van der Waals surface area contributed by atoms with E-state index in [4.69, 9.17) is 9.84 Å². The molecule has 0 spiro atoms. The summed E-state index contributed by atoms with van der Waals surface area (Å²) in [5, 5.41) is 8.92. The Morgan fingerprint density at radius 2 is 2.29 bits per heavy atom. The topological polar surface area (TPSA) is 46.5 Å². The van der Waals surface area contributed by atoms with Crippen LogP contribution < -0.4 is 4.74 Å². The number of rotatable bonds is 4. The standard InChI is InChI=1S/C10H12O3S/c1-3-13-9-5-4-7(14-2)6-8(9)10(11)12/h4-6H,3H2,1-2H3,(H,11,12). The normalized spacial score (nSPS) is 9.86. The average Bonchev–Trinajstić information content (AvgIpc) is 2.18. The molecule has 1 aromatic carbocycles. The first-order valence-electron chi connectivity index (χ1n) is 4.23. The Bertz CT molecular complexity index is 336. The molecule has 0 aliphatic rings. The van der Waals surface area contributed by atoms with Crippen molar-refractivity contribution in [2.45, 2.75) is 11.8 Å². The van der Waals surface area contributed by atoms with Gasteiger partial charge in [0.1, 0.15) is 11.3 Å². The summed E-state index contributed by atoms with van der Waals surface area (Å²) in [5.41, 5.74) is 0.221. The van der Waals surface area contributed by atoms with Crippen molar-refractivity contribution in [3.05, 3.63) is 23.8 Å². The van der Waals surface area contributed by atoms with Gasteiger partial charge in [-0.15, -0.1) is 11.8 Å². The molecule has 0 bridgehead atoms. The molecule has 4 heteroatoms. The van der Waals surface area contributed by atoms with Gasteiger partial charge < -0.3 is 9.84 Å². The fraction of sp³-hybridized carbons (Fsp3) is 0.300. The van der Waals surface area contributed by atoms with Crippen LogP contribution in [0.25, 0.3) is 0 Å². The number of benzene rings is 1. The lowest BCUT2D eigenvalue weighted by Crippen LogP contribution is -2.02. The first-order valence-corrected chi connectivity index (χ1v) is 5.45. The largest absolute Gasteiger partial charge is 0.493 e. The minimum absolute atomic E-state index is 0.221. The van der Waals surface area contributed by atoms with Gasteiger partial charge in [0.2, 0.25) is 0 Å². The summed E-state index contributed by atoms with van der Waals surface area (Å²) in [4.78, 5) is 11.8. The molecule has 0 saturated heterocycles. The van der Waals surface area contributed by atoms with Crippen LogP contribution in [0.1, 0.15) is 17.3 Å². The van der Waals surface area contributed by atoms with Crippen molar-refractivity contribution in [2.24, 2.45) is 0 Å². The van der Waals surface area contributed by atoms with Crippen molar-refractivity contribution in [1.82, 2.24) is 0 Å². The van der Waals surface area contributed by atoms with Gasteiger partial charge >= 0.3 is 5.97 Å². The summed E-state index contributed by atoms with van der Waals surface area (Å²) < 4.78 is 5.21. The van der Waals surface area contributed by atoms with Gasteiger partial charge in [-0.25, -0.2) is 4.79 Å². The molecule has 0 aromatic heterocycles. The molecule has 0 heterocycles. The van der Waals surface area contributed by atoms with Crippen molar-refractivity contribution < 1.29 is 14.6 Å². The summed E-state index contributed by atoms with van der Waals surface area (Å²) in [7, 11) is 0. The molecule has 1 N–H and O–H groups in total. The monoisotopic (exact) mass is 212 g/mol. The summed E-state index contributed by atoms with van der Waals surface area (Å²) >= 11 is 1.51. The van der Waals surface area contributed by atoms with Gasteiger partial charge in [-0.05, 0) is 31.4 Å². The maximum atomic E-state index is 10.9. The number of hydrogen-bond donors (Lipinski definition) is 1. The Hall–Kier alpha value is -1.16. The van der Waals surface area contributed by atoms with Crippen LogP contribution in [0, 0.1) is 0 Å². The molecule has 14 heavy (non-hydrogen) atoms. The number of carboxylic acid groups (broad SMARTS) is 1. The molecule has 76 valence electrons. The lowest BCUT2D eigenvalue weighted by atomic mass is 10.2. The maximum absolute atomic E-state index is 10.9. The van der Waals surface area contributed by atoms with Gasteiger partial charge in [0.05, 0.1) is 6.61 Å². The quantitative estimate of drug-likeness (QED) is 0.779. The molecule has 0 unspecified atom stereocenters. The molecule has 0 fully saturated rings. The minimum atomic E-state index is -0.954. The van der Waals surface area contributed by atoms with E-state index in [1.165, 1.54) is 11.8 Å². The highest BCUT2D eigenvalue weighted by Gasteiger charge is 2.11. The van der Waals surface area contributed by atoms with Crippen LogP contribution in [0.15, 0.2) is 23.1 Å². The number of thioether (sulfide) groups is 1. The first kappa shape index (κ1) is 10.9. The van der Waals surface area contributed by atoms with Crippen LogP contribution in [-0.2, 0) is 0 Å². The van der Waals surface area contributed by atoms with Crippen LogP contribution in [0.4, 0.5) is 0 Å². The van der Waals surface area contributed by atoms with E-state index in [-0.39, 0.29) is 5.56 Å². The zero-order valence-electron chi connectivity index (χ0n) is 8.11. The van der Waals surface area contributed by atoms with E-state index in [0.717, 1.165) is 4.90 Å². The molecule has 0 amide bonds. The molecular formula is C10H12O3S. The fourth-order valence-electron chi connectivity index (χ4n) is 1.08. The predicted octanol–water partition coefficient (Wildman–Crippen LogP) is 2.51. The van der Waals surface area contributed by atoms with E-state index in [2.05, 4.69) is 0 Å². The van der Waals surface area contributed by atoms with Crippen LogP contribution >= 0.6 is 11.8 Å². The lowest BCUT2D eigenvalue weighted by molar-refractivity contribution is 0.0692. The van der Waals surface area contributed by atoms with E-state index >= 15 is 0 Å². The van der Waals surface area contributed by atoms with E-state index in [9.17, 15) is 4.79 Å². The summed E-state index contributed by atoms with van der Waals surface area (Å²) in [6, 6.07) is 5.17. The average molecular weight is 212 g/mol. The maximum Gasteiger partial charge on any atom is 0.339 e. The molecule has 3 nitrogen and oxygen atoms in total. The van der Waals surface area contributed by atoms with Gasteiger partial charge in [0, 0.05) is 4.90 Å². The molecule has 0 saturated carbocycles. The van der Waals surface area contributed by atoms with E-state index < -0.39 is 5.97 Å². The molecular weight excluding hydrogens is 200 g/mol. The minimum Gasteiger partial charge on any atom is -0.493 e. The Morgan fingerprint density at radius 1 is 1.57 bits per heavy atom. The van der Waals surface area contributed by atoms with Gasteiger partial charge in [-0.1, -0.05) is 0 Å². The van der Waals surface area contributed by atoms with Gasteiger partial charge in [-0.3, -0.25) is 0 Å². The lowest BCUT2D eigenvalue weighted by Gasteiger charge is -2.07. The number of carboxylic acids is 1. The highest BCUT2D eigenvalue weighted by molar-refractivity contribution is 7.98. The fourth-order valence-corrected chi connectivity index (χ4v) is 1.52. The smallest absolute Gasteiger partial charge is 0.339 e. The molecule has 0 aliphatic heterocycles. The molecule has 0 atom stereocenters. The Kier molecular flexibility index (Phi) is 3.83. The molecule has 0 radical (unpaired) electrons. The van der Waals surface area contributed by atoms with Gasteiger partial charge in [-0.2, -0.15) is 0 Å². The number of carbonyl (C=O) groups is 1. The van der Waals surface area contributed by atoms with Crippen LogP contribution in [0.5, 0.6) is 5.75 Å². The summed E-state index contributed by atoms with van der Waals surface area (Å²) in [6.07, 6.45) is 1.90. The Labute approximate surface area is 87.1 Å². The summed E-state index contributed by atoms with van der Waals surface area (Å²) in [6.45, 7) is 2.30. The van der Waals surface area contributed by atoms with Gasteiger partial charge in [0.15, 0.2) is 0 Å². The van der Waals surface area contributed by atoms with Crippen LogP contribution in [0.3, 0.4) is 0 Å². The second kappa shape index (κ2) is 4.91. The molecule has 0 aliphatic carbocycles. The summed E-state index contributed by atoms with van der Waals surface area (Å²) in [5.74, 6) is -0.526. The number of aromatic carboxylic acids is 1. The zero-order valence-corrected chi connectivity index (χ0v) is 8.93. The number of ether oxygens (including phenoxy) is 1. The van der Waals surface area contributed by atoms with Crippen molar-refractivity contribution in [1.29, 1.82) is 0 Å².